The van der Waals surface area contributed by atoms with E-state index in [0.717, 1.165) is 16.1 Å². The first kappa shape index (κ1) is 25.8. The summed E-state index contributed by atoms with van der Waals surface area (Å²) in [6.45, 7) is 7.87. The number of amides is 1. The van der Waals surface area contributed by atoms with Crippen LogP contribution in [0.1, 0.15) is 32.8 Å². The van der Waals surface area contributed by atoms with Crippen molar-refractivity contribution in [1.82, 2.24) is 4.31 Å². The van der Waals surface area contributed by atoms with E-state index >= 15 is 0 Å². The fourth-order valence-electron chi connectivity index (χ4n) is 3.40. The summed E-state index contributed by atoms with van der Waals surface area (Å²) in [5, 5.41) is 2.71. The summed E-state index contributed by atoms with van der Waals surface area (Å²) in [5.74, 6) is -0.502. The smallest absolute Gasteiger partial charge is 0.248 e. The maximum absolute atomic E-state index is 13.0. The third-order valence-corrected chi connectivity index (χ3v) is 8.33. The lowest BCUT2D eigenvalue weighted by molar-refractivity contribution is -0.117. The Morgan fingerprint density at radius 1 is 0.906 bits per heavy atom. The molecule has 0 radical (unpaired) electrons. The summed E-state index contributed by atoms with van der Waals surface area (Å²) < 4.78 is 52.8. The van der Waals surface area contributed by atoms with Crippen molar-refractivity contribution in [2.45, 2.75) is 45.1 Å². The van der Waals surface area contributed by atoms with Gasteiger partial charge in [0.1, 0.15) is 6.04 Å². The molecule has 1 amide bonds. The fraction of sp³-hybridized carbons (Fsp3) is 0.409. The highest BCUT2D eigenvalue weighted by Gasteiger charge is 2.31. The first-order valence-corrected chi connectivity index (χ1v) is 13.7. The molecule has 0 saturated carbocycles. The van der Waals surface area contributed by atoms with Crippen molar-refractivity contribution in [3.8, 4) is 0 Å². The minimum absolute atomic E-state index is 0.128. The second-order valence-corrected chi connectivity index (χ2v) is 11.2. The Morgan fingerprint density at radius 3 is 1.88 bits per heavy atom. The number of benzene rings is 2. The number of nitrogens with one attached hydrogen (secondary N) is 1. The summed E-state index contributed by atoms with van der Waals surface area (Å²) in [7, 11) is -7.34. The van der Waals surface area contributed by atoms with Crippen LogP contribution in [-0.4, -0.2) is 52.4 Å². The van der Waals surface area contributed by atoms with Crippen LogP contribution >= 0.6 is 0 Å². The van der Waals surface area contributed by atoms with Gasteiger partial charge in [0.25, 0.3) is 0 Å². The monoisotopic (exact) mass is 481 g/mol. The molecule has 0 aliphatic heterocycles. The molecule has 0 fully saturated rings. The Balaban J connectivity index is 2.30. The second kappa shape index (κ2) is 10.5. The summed E-state index contributed by atoms with van der Waals surface area (Å²) in [6, 6.07) is 11.8. The van der Waals surface area contributed by atoms with Gasteiger partial charge in [-0.2, -0.15) is 4.31 Å². The summed E-state index contributed by atoms with van der Waals surface area (Å²) in [6.07, 6.45) is 1.32. The molecule has 0 aliphatic carbocycles. The molecule has 10 heteroatoms. The Labute approximate surface area is 191 Å². The number of carbonyl (C=O) groups excluding carboxylic acids is 1. The zero-order valence-electron chi connectivity index (χ0n) is 19.1. The van der Waals surface area contributed by atoms with E-state index in [1.807, 2.05) is 6.92 Å². The van der Waals surface area contributed by atoms with Crippen molar-refractivity contribution < 1.29 is 21.6 Å². The molecule has 8 nitrogen and oxygen atoms in total. The predicted molar refractivity (Wildman–Crippen MR) is 128 cm³/mol. The molecule has 1 N–H and O–H groups in total. The average molecular weight is 482 g/mol. The fourth-order valence-corrected chi connectivity index (χ4v) is 6.07. The number of carbonyl (C=O) groups is 1. The Kier molecular flexibility index (Phi) is 8.44. The maximum atomic E-state index is 13.0. The van der Waals surface area contributed by atoms with E-state index < -0.39 is 32.0 Å². The molecular formula is C22H31N3O5S2. The van der Waals surface area contributed by atoms with Crippen LogP contribution in [0.3, 0.4) is 0 Å². The highest BCUT2D eigenvalue weighted by Crippen LogP contribution is 2.24. The van der Waals surface area contributed by atoms with Gasteiger partial charge in [0.2, 0.25) is 26.0 Å². The number of sulfonamides is 2. The van der Waals surface area contributed by atoms with E-state index in [9.17, 15) is 21.6 Å². The summed E-state index contributed by atoms with van der Waals surface area (Å²) in [5.41, 5.74) is 1.75. The lowest BCUT2D eigenvalue weighted by Gasteiger charge is -2.30. The first-order valence-electron chi connectivity index (χ1n) is 10.4. The molecule has 2 aromatic carbocycles. The van der Waals surface area contributed by atoms with Crippen LogP contribution in [0.5, 0.6) is 0 Å². The van der Waals surface area contributed by atoms with Crippen molar-refractivity contribution in [2.24, 2.45) is 0 Å². The normalized spacial score (nSPS) is 13.1. The van der Waals surface area contributed by atoms with Crippen molar-refractivity contribution in [2.75, 3.05) is 29.0 Å². The van der Waals surface area contributed by atoms with Gasteiger partial charge < -0.3 is 5.32 Å². The van der Waals surface area contributed by atoms with Gasteiger partial charge in [0.05, 0.1) is 16.8 Å². The molecule has 2 rings (SSSR count). The molecule has 0 heterocycles. The van der Waals surface area contributed by atoms with Crippen LogP contribution < -0.4 is 9.62 Å². The number of anilines is 2. The van der Waals surface area contributed by atoms with Crippen molar-refractivity contribution in [3.05, 3.63) is 54.1 Å². The first-order chi connectivity index (χ1) is 14.9. The molecule has 0 aromatic heterocycles. The van der Waals surface area contributed by atoms with Crippen LogP contribution in [0.4, 0.5) is 11.4 Å². The summed E-state index contributed by atoms with van der Waals surface area (Å²) >= 11 is 0. The average Bonchev–Trinajstić information content (AvgIpc) is 2.73. The van der Waals surface area contributed by atoms with Gasteiger partial charge in [-0.15, -0.1) is 0 Å². The van der Waals surface area contributed by atoms with E-state index in [-0.39, 0.29) is 11.3 Å². The molecule has 0 aliphatic rings. The molecule has 0 bridgehead atoms. The highest BCUT2D eigenvalue weighted by atomic mass is 32.2. The summed E-state index contributed by atoms with van der Waals surface area (Å²) in [4.78, 5) is 13.1. The Hall–Kier alpha value is -2.43. The standard InChI is InChI=1S/C22H31N3O5S2/c1-6-21(25(31(5,27)28)19-13-9-17(4)10-14-19)22(26)23-18-11-15-20(16-12-18)32(29,30)24(7-2)8-3/h9-16,21H,6-8H2,1-5H3,(H,23,26)/t21-/m1/s1. The third kappa shape index (κ3) is 5.87. The number of rotatable bonds is 10. The van der Waals surface area contributed by atoms with Crippen LogP contribution in [0.15, 0.2) is 53.4 Å². The van der Waals surface area contributed by atoms with Gasteiger partial charge in [-0.25, -0.2) is 16.8 Å². The molecule has 2 aromatic rings. The van der Waals surface area contributed by atoms with E-state index in [1.165, 1.54) is 28.6 Å². The number of hydrogen-bond donors (Lipinski definition) is 1. The van der Waals surface area contributed by atoms with Crippen LogP contribution in [0.25, 0.3) is 0 Å². The van der Waals surface area contributed by atoms with Gasteiger partial charge >= 0.3 is 0 Å². The molecular weight excluding hydrogens is 450 g/mol. The van der Waals surface area contributed by atoms with E-state index in [1.54, 1.807) is 45.0 Å². The zero-order chi connectivity index (χ0) is 24.1. The van der Waals surface area contributed by atoms with E-state index in [2.05, 4.69) is 5.32 Å². The second-order valence-electron chi connectivity index (χ2n) is 7.42. The minimum Gasteiger partial charge on any atom is -0.324 e. The van der Waals surface area contributed by atoms with Gasteiger partial charge in [-0.3, -0.25) is 9.10 Å². The van der Waals surface area contributed by atoms with Crippen molar-refractivity contribution >= 4 is 37.3 Å². The lowest BCUT2D eigenvalue weighted by atomic mass is 10.1. The van der Waals surface area contributed by atoms with E-state index in [4.69, 9.17) is 0 Å². The highest BCUT2D eigenvalue weighted by molar-refractivity contribution is 7.92. The van der Waals surface area contributed by atoms with Crippen LogP contribution in [0, 0.1) is 6.92 Å². The Morgan fingerprint density at radius 2 is 1.44 bits per heavy atom. The van der Waals surface area contributed by atoms with Gasteiger partial charge in [-0.05, 0) is 49.7 Å². The van der Waals surface area contributed by atoms with Gasteiger partial charge in [0.15, 0.2) is 0 Å². The SMILES string of the molecule is CC[C@H](C(=O)Nc1ccc(S(=O)(=O)N(CC)CC)cc1)N(c1ccc(C)cc1)S(C)(=O)=O. The molecule has 0 spiro atoms. The quantitative estimate of drug-likeness (QED) is 0.561. The van der Waals surface area contributed by atoms with Gasteiger partial charge in [-0.1, -0.05) is 38.5 Å². The number of aryl methyl sites for hydroxylation is 1. The largest absolute Gasteiger partial charge is 0.324 e. The molecule has 32 heavy (non-hydrogen) atoms. The van der Waals surface area contributed by atoms with Gasteiger partial charge in [0, 0.05) is 18.8 Å². The van der Waals surface area contributed by atoms with Crippen molar-refractivity contribution in [1.29, 1.82) is 0 Å². The van der Waals surface area contributed by atoms with Crippen molar-refractivity contribution in [3.63, 3.8) is 0 Å². The topological polar surface area (TPSA) is 104 Å². The Bertz CT molecular complexity index is 1130. The lowest BCUT2D eigenvalue weighted by Crippen LogP contribution is -2.47. The molecule has 1 atom stereocenters. The zero-order valence-corrected chi connectivity index (χ0v) is 20.7. The maximum Gasteiger partial charge on any atom is 0.248 e. The number of hydrogen-bond acceptors (Lipinski definition) is 5. The molecule has 0 unspecified atom stereocenters. The minimum atomic E-state index is -3.73. The van der Waals surface area contributed by atoms with Crippen LogP contribution in [0.2, 0.25) is 0 Å². The third-order valence-electron chi connectivity index (χ3n) is 5.08. The number of nitrogens with zero attached hydrogens (tertiary/aromatic N) is 2. The molecule has 0 saturated heterocycles. The molecule has 176 valence electrons. The van der Waals surface area contributed by atoms with Crippen LogP contribution in [-0.2, 0) is 24.8 Å². The van der Waals surface area contributed by atoms with E-state index in [0.29, 0.717) is 24.5 Å². The predicted octanol–water partition coefficient (Wildman–Crippen LogP) is 3.21.